The minimum Gasteiger partial charge on any atom is -0.365 e. The van der Waals surface area contributed by atoms with Crippen LogP contribution < -0.4 is 10.6 Å². The first-order valence-electron chi connectivity index (χ1n) is 7.02. The summed E-state index contributed by atoms with van der Waals surface area (Å²) in [5.74, 6) is 4.72. The summed E-state index contributed by atoms with van der Waals surface area (Å²) in [6.45, 7) is 4.07. The maximum absolute atomic E-state index is 4.37. The molecule has 114 valence electrons. The number of nitrogens with zero attached hydrogens (tertiary/aromatic N) is 2. The van der Waals surface area contributed by atoms with Crippen molar-refractivity contribution in [1.82, 2.24) is 10.6 Å². The summed E-state index contributed by atoms with van der Waals surface area (Å²) in [6.07, 6.45) is 2.42. The van der Waals surface area contributed by atoms with E-state index in [1.165, 1.54) is 24.3 Å². The van der Waals surface area contributed by atoms with Crippen molar-refractivity contribution in [3.8, 4) is 0 Å². The maximum atomic E-state index is 4.37. The van der Waals surface area contributed by atoms with E-state index < -0.39 is 0 Å². The lowest BCUT2D eigenvalue weighted by Crippen LogP contribution is -2.20. The molecule has 0 radical (unpaired) electrons. The van der Waals surface area contributed by atoms with E-state index in [0.29, 0.717) is 0 Å². The molecule has 0 fully saturated rings. The zero-order valence-electron chi connectivity index (χ0n) is 11.6. The van der Waals surface area contributed by atoms with Crippen LogP contribution in [0, 0.1) is 0 Å². The quantitative estimate of drug-likeness (QED) is 0.492. The van der Waals surface area contributed by atoms with Crippen molar-refractivity contribution in [2.24, 2.45) is 9.98 Å². The Morgan fingerprint density at radius 1 is 0.850 bits per heavy atom. The summed E-state index contributed by atoms with van der Waals surface area (Å²) in [5, 5.41) is 9.06. The second-order valence-electron chi connectivity index (χ2n) is 4.28. The van der Waals surface area contributed by atoms with E-state index in [1.54, 1.807) is 0 Å². The van der Waals surface area contributed by atoms with Gasteiger partial charge in [0, 0.05) is 36.1 Å². The number of thioether (sulfide) groups is 2. The van der Waals surface area contributed by atoms with Crippen LogP contribution in [0.2, 0.25) is 0 Å². The van der Waals surface area contributed by atoms with Crippen molar-refractivity contribution in [3.63, 3.8) is 0 Å². The Bertz CT molecular complexity index is 303. The van der Waals surface area contributed by atoms with Gasteiger partial charge in [-0.3, -0.25) is 9.98 Å². The lowest BCUT2D eigenvalue weighted by molar-refractivity contribution is 0.853. The second-order valence-corrected chi connectivity index (χ2v) is 9.14. The highest BCUT2D eigenvalue weighted by atomic mass is 33.1. The van der Waals surface area contributed by atoms with E-state index in [2.05, 4.69) is 20.6 Å². The molecule has 8 heteroatoms. The summed E-state index contributed by atoms with van der Waals surface area (Å²) in [7, 11) is 3.97. The molecule has 2 aliphatic heterocycles. The molecule has 0 aliphatic carbocycles. The van der Waals surface area contributed by atoms with Gasteiger partial charge in [-0.1, -0.05) is 45.1 Å². The molecule has 2 N–H and O–H groups in total. The molecule has 4 nitrogen and oxygen atoms in total. The average Bonchev–Trinajstić information content (AvgIpc) is 3.14. The van der Waals surface area contributed by atoms with E-state index in [4.69, 9.17) is 0 Å². The Kier molecular flexibility index (Phi) is 9.17. The molecule has 0 aromatic rings. The SMILES string of the molecule is C(CNC1=NCCS1)CSSCCCNC1=NCCS1. The Labute approximate surface area is 138 Å². The van der Waals surface area contributed by atoms with Gasteiger partial charge in [-0.15, -0.1) is 0 Å². The number of amidine groups is 2. The number of hydrogen-bond acceptors (Lipinski definition) is 8. The van der Waals surface area contributed by atoms with E-state index in [-0.39, 0.29) is 0 Å². The fourth-order valence-corrected chi connectivity index (χ4v) is 5.35. The third-order valence-electron chi connectivity index (χ3n) is 2.62. The van der Waals surface area contributed by atoms with Crippen LogP contribution in [-0.4, -0.2) is 59.5 Å². The zero-order valence-corrected chi connectivity index (χ0v) is 14.9. The second kappa shape index (κ2) is 11.0. The molecule has 0 saturated heterocycles. The third-order valence-corrected chi connectivity index (χ3v) is 7.06. The van der Waals surface area contributed by atoms with Gasteiger partial charge in [0.25, 0.3) is 0 Å². The summed E-state index contributed by atoms with van der Waals surface area (Å²) < 4.78 is 0. The number of rotatable bonds is 9. The molecule has 2 rings (SSSR count). The lowest BCUT2D eigenvalue weighted by Gasteiger charge is -2.05. The van der Waals surface area contributed by atoms with Crippen LogP contribution in [0.25, 0.3) is 0 Å². The molecule has 0 saturated carbocycles. The Balaban J connectivity index is 1.30. The van der Waals surface area contributed by atoms with Gasteiger partial charge in [0.15, 0.2) is 10.3 Å². The Hall–Kier alpha value is 0.340. The molecular formula is C12H22N4S4. The van der Waals surface area contributed by atoms with Crippen molar-refractivity contribution in [2.45, 2.75) is 12.8 Å². The van der Waals surface area contributed by atoms with Gasteiger partial charge in [-0.2, -0.15) is 0 Å². The Morgan fingerprint density at radius 3 is 1.75 bits per heavy atom. The van der Waals surface area contributed by atoms with Crippen LogP contribution in [0.4, 0.5) is 0 Å². The van der Waals surface area contributed by atoms with E-state index in [9.17, 15) is 0 Å². The maximum Gasteiger partial charge on any atom is 0.156 e. The van der Waals surface area contributed by atoms with E-state index in [1.807, 2.05) is 45.1 Å². The van der Waals surface area contributed by atoms with Gasteiger partial charge in [-0.05, 0) is 12.8 Å². The minimum atomic E-state index is 0.983. The van der Waals surface area contributed by atoms with Gasteiger partial charge < -0.3 is 10.6 Å². The van der Waals surface area contributed by atoms with Gasteiger partial charge in [0.2, 0.25) is 0 Å². The fourth-order valence-electron chi connectivity index (χ4n) is 1.65. The molecule has 2 aliphatic rings. The normalized spacial score (nSPS) is 18.0. The molecular weight excluding hydrogens is 328 g/mol. The molecule has 2 heterocycles. The molecule has 0 atom stereocenters. The smallest absolute Gasteiger partial charge is 0.156 e. The van der Waals surface area contributed by atoms with Crippen molar-refractivity contribution in [2.75, 3.05) is 49.2 Å². The van der Waals surface area contributed by atoms with Gasteiger partial charge >= 0.3 is 0 Å². The van der Waals surface area contributed by atoms with E-state index >= 15 is 0 Å². The van der Waals surface area contributed by atoms with Crippen LogP contribution in [0.1, 0.15) is 12.8 Å². The molecule has 0 aromatic heterocycles. The standard InChI is InChI=1S/C12H22N4S4/c1(3-13-11-15-5-9-17-11)7-19-20-8-2-4-14-12-16-6-10-18-12/h1-10H2,(H,13,15)(H,14,16). The molecule has 0 aromatic carbocycles. The summed E-state index contributed by atoms with van der Waals surface area (Å²) in [6, 6.07) is 0. The van der Waals surface area contributed by atoms with Crippen molar-refractivity contribution >= 4 is 55.4 Å². The fraction of sp³-hybridized carbons (Fsp3) is 0.833. The summed E-state index contributed by atoms with van der Waals surface area (Å²) >= 11 is 3.68. The van der Waals surface area contributed by atoms with Crippen LogP contribution in [0.15, 0.2) is 9.98 Å². The van der Waals surface area contributed by atoms with E-state index in [0.717, 1.165) is 48.0 Å². The van der Waals surface area contributed by atoms with Gasteiger partial charge in [0.1, 0.15) is 0 Å². The summed E-state index contributed by atoms with van der Waals surface area (Å²) in [5.41, 5.74) is 0. The number of hydrogen-bond donors (Lipinski definition) is 2. The first-order chi connectivity index (χ1) is 9.95. The Morgan fingerprint density at radius 2 is 1.35 bits per heavy atom. The van der Waals surface area contributed by atoms with Gasteiger partial charge in [-0.25, -0.2) is 0 Å². The summed E-state index contributed by atoms with van der Waals surface area (Å²) in [4.78, 5) is 8.75. The third kappa shape index (κ3) is 7.38. The first kappa shape index (κ1) is 16.7. The van der Waals surface area contributed by atoms with Crippen molar-refractivity contribution in [1.29, 1.82) is 0 Å². The molecule has 0 unspecified atom stereocenters. The predicted molar refractivity (Wildman–Crippen MR) is 99.7 cm³/mol. The molecule has 20 heavy (non-hydrogen) atoms. The topological polar surface area (TPSA) is 48.8 Å². The lowest BCUT2D eigenvalue weighted by atomic mass is 10.5. The van der Waals surface area contributed by atoms with Crippen LogP contribution in [0.5, 0.6) is 0 Å². The van der Waals surface area contributed by atoms with Gasteiger partial charge in [0.05, 0.1) is 13.1 Å². The first-order valence-corrected chi connectivity index (χ1v) is 11.5. The highest BCUT2D eigenvalue weighted by Gasteiger charge is 2.05. The number of aliphatic imine (C=N–C) groups is 2. The average molecular weight is 351 g/mol. The monoisotopic (exact) mass is 350 g/mol. The minimum absolute atomic E-state index is 0.983. The zero-order chi connectivity index (χ0) is 13.9. The molecule has 0 bridgehead atoms. The van der Waals surface area contributed by atoms with Crippen LogP contribution in [-0.2, 0) is 0 Å². The highest BCUT2D eigenvalue weighted by Crippen LogP contribution is 2.22. The number of nitrogens with one attached hydrogen (secondary N) is 2. The highest BCUT2D eigenvalue weighted by molar-refractivity contribution is 8.76. The molecule has 0 amide bonds. The van der Waals surface area contributed by atoms with Crippen molar-refractivity contribution < 1.29 is 0 Å². The predicted octanol–water partition coefficient (Wildman–Crippen LogP) is 2.53. The van der Waals surface area contributed by atoms with Crippen LogP contribution in [0.3, 0.4) is 0 Å². The van der Waals surface area contributed by atoms with Crippen LogP contribution >= 0.6 is 45.1 Å². The molecule has 0 spiro atoms. The largest absolute Gasteiger partial charge is 0.365 e. The van der Waals surface area contributed by atoms with Crippen molar-refractivity contribution in [3.05, 3.63) is 0 Å².